The molecule has 0 amide bonds. The summed E-state index contributed by atoms with van der Waals surface area (Å²) < 4.78 is 42.1. The van der Waals surface area contributed by atoms with Crippen LogP contribution in [0, 0.1) is 5.82 Å². The molecule has 0 fully saturated rings. The van der Waals surface area contributed by atoms with Gasteiger partial charge in [0.25, 0.3) is 0 Å². The third-order valence-corrected chi connectivity index (χ3v) is 5.17. The Morgan fingerprint density at radius 1 is 1.11 bits per heavy atom. The highest BCUT2D eigenvalue weighted by Crippen LogP contribution is 2.18. The molecule has 2 N–H and O–H groups in total. The highest BCUT2D eigenvalue weighted by Gasteiger charge is 2.07. The van der Waals surface area contributed by atoms with Crippen LogP contribution in [0.25, 0.3) is 0 Å². The van der Waals surface area contributed by atoms with Crippen molar-refractivity contribution >= 4 is 15.8 Å². The summed E-state index contributed by atoms with van der Waals surface area (Å²) in [5.41, 5.74) is 1.80. The van der Waals surface area contributed by atoms with Gasteiger partial charge in [0.15, 0.2) is 27.4 Å². The second kappa shape index (κ2) is 10.1. The van der Waals surface area contributed by atoms with Crippen LogP contribution in [0.2, 0.25) is 0 Å². The molecule has 2 rings (SSSR count). The van der Waals surface area contributed by atoms with E-state index in [1.807, 2.05) is 6.92 Å². The first kappa shape index (κ1) is 21.7. The van der Waals surface area contributed by atoms with Crippen molar-refractivity contribution in [2.24, 2.45) is 4.99 Å². The normalized spacial score (nSPS) is 11.9. The predicted molar refractivity (Wildman–Crippen MR) is 109 cm³/mol. The molecule has 0 aliphatic rings. The molecule has 0 aliphatic heterocycles. The molecule has 8 heteroatoms. The minimum Gasteiger partial charge on any atom is -0.491 e. The van der Waals surface area contributed by atoms with Gasteiger partial charge >= 0.3 is 0 Å². The van der Waals surface area contributed by atoms with Gasteiger partial charge in [-0.1, -0.05) is 18.2 Å². The molecule has 0 bridgehead atoms. The molecule has 152 valence electrons. The minimum atomic E-state index is -3.18. The number of benzene rings is 2. The Bertz CT molecular complexity index is 913. The number of halogens is 1. The Kier molecular flexibility index (Phi) is 7.80. The van der Waals surface area contributed by atoms with Gasteiger partial charge < -0.3 is 15.4 Å². The number of guanidine groups is 1. The third kappa shape index (κ3) is 6.53. The van der Waals surface area contributed by atoms with Gasteiger partial charge in [-0.05, 0) is 48.7 Å². The first-order chi connectivity index (χ1) is 13.3. The first-order valence-electron chi connectivity index (χ1n) is 8.98. The Hall–Kier alpha value is -2.61. The number of sulfone groups is 1. The topological polar surface area (TPSA) is 79.8 Å². The van der Waals surface area contributed by atoms with Crippen molar-refractivity contribution in [3.05, 3.63) is 59.4 Å². The number of rotatable bonds is 8. The van der Waals surface area contributed by atoms with Crippen LogP contribution in [0.3, 0.4) is 0 Å². The van der Waals surface area contributed by atoms with Crippen molar-refractivity contribution in [3.63, 3.8) is 0 Å². The van der Waals surface area contributed by atoms with Crippen LogP contribution in [0.1, 0.15) is 18.1 Å². The van der Waals surface area contributed by atoms with E-state index in [-0.39, 0.29) is 11.6 Å². The van der Waals surface area contributed by atoms with E-state index in [9.17, 15) is 12.8 Å². The highest BCUT2D eigenvalue weighted by molar-refractivity contribution is 7.90. The van der Waals surface area contributed by atoms with Gasteiger partial charge in [0.05, 0.1) is 11.5 Å². The molecular formula is C20H26FN3O3S. The molecule has 28 heavy (non-hydrogen) atoms. The van der Waals surface area contributed by atoms with Crippen LogP contribution in [-0.2, 0) is 22.8 Å². The molecule has 0 aromatic heterocycles. The Morgan fingerprint density at radius 3 is 2.36 bits per heavy atom. The summed E-state index contributed by atoms with van der Waals surface area (Å²) in [6.07, 6.45) is 1.90. The lowest BCUT2D eigenvalue weighted by Gasteiger charge is -2.13. The molecule has 0 heterocycles. The van der Waals surface area contributed by atoms with Gasteiger partial charge in [0.1, 0.15) is 0 Å². The summed E-state index contributed by atoms with van der Waals surface area (Å²) in [6, 6.07) is 11.7. The van der Waals surface area contributed by atoms with E-state index in [2.05, 4.69) is 15.6 Å². The molecule has 0 saturated heterocycles. The maximum absolute atomic E-state index is 13.9. The third-order valence-electron chi connectivity index (χ3n) is 4.04. The van der Waals surface area contributed by atoms with Gasteiger partial charge in [-0.25, -0.2) is 12.8 Å². The van der Waals surface area contributed by atoms with Gasteiger partial charge in [0.2, 0.25) is 0 Å². The van der Waals surface area contributed by atoms with Gasteiger partial charge in [-0.3, -0.25) is 4.99 Å². The van der Waals surface area contributed by atoms with Crippen LogP contribution < -0.4 is 15.4 Å². The number of nitrogens with zero attached hydrogens (tertiary/aromatic N) is 1. The molecule has 0 spiro atoms. The summed E-state index contributed by atoms with van der Waals surface area (Å²) in [7, 11) is -1.52. The van der Waals surface area contributed by atoms with Crippen LogP contribution in [0.4, 0.5) is 4.39 Å². The van der Waals surface area contributed by atoms with E-state index < -0.39 is 9.84 Å². The van der Waals surface area contributed by atoms with Crippen LogP contribution in [-0.4, -0.2) is 40.8 Å². The summed E-state index contributed by atoms with van der Waals surface area (Å²) in [5, 5.41) is 6.31. The van der Waals surface area contributed by atoms with E-state index >= 15 is 0 Å². The molecule has 0 aliphatic carbocycles. The zero-order valence-electron chi connectivity index (χ0n) is 16.3. The van der Waals surface area contributed by atoms with E-state index in [4.69, 9.17) is 4.74 Å². The maximum Gasteiger partial charge on any atom is 0.191 e. The quantitative estimate of drug-likeness (QED) is 0.519. The molecule has 0 atom stereocenters. The second-order valence-electron chi connectivity index (χ2n) is 6.22. The molecule has 0 radical (unpaired) electrons. The highest BCUT2D eigenvalue weighted by atomic mass is 32.2. The van der Waals surface area contributed by atoms with Crippen molar-refractivity contribution in [2.75, 3.05) is 26.5 Å². The van der Waals surface area contributed by atoms with E-state index in [0.29, 0.717) is 37.0 Å². The van der Waals surface area contributed by atoms with E-state index in [0.717, 1.165) is 11.1 Å². The van der Waals surface area contributed by atoms with Gasteiger partial charge in [-0.2, -0.15) is 0 Å². The first-order valence-corrected chi connectivity index (χ1v) is 10.9. The molecular weight excluding hydrogens is 381 g/mol. The summed E-state index contributed by atoms with van der Waals surface area (Å²) in [4.78, 5) is 4.46. The Morgan fingerprint density at radius 2 is 1.79 bits per heavy atom. The summed E-state index contributed by atoms with van der Waals surface area (Å²) >= 11 is 0. The second-order valence-corrected chi connectivity index (χ2v) is 8.23. The number of hydrogen-bond donors (Lipinski definition) is 2. The standard InChI is InChI=1S/C20H26FN3O3S/c1-4-27-19-10-7-16(13-18(19)21)14-24-20(22-2)23-12-11-15-5-8-17(9-6-15)28(3,25)26/h5-10,13H,4,11-12,14H2,1-3H3,(H2,22,23,24). The molecule has 0 saturated carbocycles. The van der Waals surface area contributed by atoms with E-state index in [1.54, 1.807) is 43.4 Å². The number of aliphatic imine (C=N–C) groups is 1. The van der Waals surface area contributed by atoms with E-state index in [1.165, 1.54) is 12.3 Å². The van der Waals surface area contributed by atoms with Crippen LogP contribution >= 0.6 is 0 Å². The average molecular weight is 408 g/mol. The van der Waals surface area contributed by atoms with Crippen molar-refractivity contribution < 1.29 is 17.5 Å². The smallest absolute Gasteiger partial charge is 0.191 e. The van der Waals surface area contributed by atoms with Gasteiger partial charge in [0, 0.05) is 26.4 Å². The Balaban J connectivity index is 1.82. The zero-order valence-corrected chi connectivity index (χ0v) is 17.1. The van der Waals surface area contributed by atoms with Crippen molar-refractivity contribution in [2.45, 2.75) is 24.8 Å². The number of ether oxygens (including phenoxy) is 1. The monoisotopic (exact) mass is 407 g/mol. The lowest BCUT2D eigenvalue weighted by atomic mass is 10.1. The molecule has 2 aromatic carbocycles. The number of hydrogen-bond acceptors (Lipinski definition) is 4. The lowest BCUT2D eigenvalue weighted by Crippen LogP contribution is -2.37. The fourth-order valence-corrected chi connectivity index (χ4v) is 3.19. The molecule has 2 aromatic rings. The van der Waals surface area contributed by atoms with Crippen LogP contribution in [0.5, 0.6) is 5.75 Å². The van der Waals surface area contributed by atoms with Crippen molar-refractivity contribution in [1.29, 1.82) is 0 Å². The van der Waals surface area contributed by atoms with Crippen LogP contribution in [0.15, 0.2) is 52.4 Å². The summed E-state index contributed by atoms with van der Waals surface area (Å²) in [5.74, 6) is 0.458. The SMILES string of the molecule is CCOc1ccc(CNC(=NC)NCCc2ccc(S(C)(=O)=O)cc2)cc1F. The minimum absolute atomic E-state index is 0.246. The van der Waals surface area contributed by atoms with Crippen molar-refractivity contribution in [3.8, 4) is 5.75 Å². The summed E-state index contributed by atoms with van der Waals surface area (Å²) in [6.45, 7) is 3.27. The Labute approximate surface area is 165 Å². The number of nitrogens with one attached hydrogen (secondary N) is 2. The zero-order chi connectivity index (χ0) is 20.6. The average Bonchev–Trinajstić information content (AvgIpc) is 2.66. The fourth-order valence-electron chi connectivity index (χ4n) is 2.56. The molecule has 6 nitrogen and oxygen atoms in total. The predicted octanol–water partition coefficient (Wildman–Crippen LogP) is 2.54. The largest absolute Gasteiger partial charge is 0.491 e. The maximum atomic E-state index is 13.9. The van der Waals surface area contributed by atoms with Gasteiger partial charge in [-0.15, -0.1) is 0 Å². The van der Waals surface area contributed by atoms with Crippen molar-refractivity contribution in [1.82, 2.24) is 10.6 Å². The lowest BCUT2D eigenvalue weighted by molar-refractivity contribution is 0.321. The molecule has 0 unspecified atom stereocenters. The fraction of sp³-hybridized carbons (Fsp3) is 0.350.